The zero-order valence-corrected chi connectivity index (χ0v) is 14.3. The number of anilines is 1. The van der Waals surface area contributed by atoms with Gasteiger partial charge in [-0.15, -0.1) is 0 Å². The van der Waals surface area contributed by atoms with Gasteiger partial charge in [-0.05, 0) is 29.3 Å². The Morgan fingerprint density at radius 2 is 2.00 bits per heavy atom. The molecule has 1 amide bonds. The van der Waals surface area contributed by atoms with Crippen molar-refractivity contribution in [3.63, 3.8) is 0 Å². The van der Waals surface area contributed by atoms with E-state index in [9.17, 15) is 9.18 Å². The fraction of sp³-hybridized carbons (Fsp3) is 0.200. The maximum absolute atomic E-state index is 14.7. The van der Waals surface area contributed by atoms with Crippen LogP contribution >= 0.6 is 0 Å². The van der Waals surface area contributed by atoms with Crippen molar-refractivity contribution >= 4 is 11.8 Å². The Kier molecular flexibility index (Phi) is 4.60. The maximum atomic E-state index is 14.7. The van der Waals surface area contributed by atoms with E-state index in [1.54, 1.807) is 42.5 Å². The molecule has 2 heterocycles. The third-order valence-corrected chi connectivity index (χ3v) is 4.51. The van der Waals surface area contributed by atoms with Crippen LogP contribution in [0.5, 0.6) is 0 Å². The molecule has 6 nitrogen and oxygen atoms in total. The van der Waals surface area contributed by atoms with Crippen LogP contribution in [0.4, 0.5) is 14.9 Å². The number of aliphatic hydroxyl groups is 1. The monoisotopic (exact) mass is 368 g/mol. The van der Waals surface area contributed by atoms with Crippen LogP contribution in [-0.2, 0) is 17.8 Å². The SMILES string of the molecule is O=C1OC(Cc2ccon2)CN1c1ccc(-c2ccc(CO)cc2)c(F)c1. The van der Waals surface area contributed by atoms with Crippen molar-refractivity contribution in [1.82, 2.24) is 5.16 Å². The van der Waals surface area contributed by atoms with Crippen LogP contribution in [0.15, 0.2) is 59.3 Å². The van der Waals surface area contributed by atoms with Gasteiger partial charge < -0.3 is 14.4 Å². The number of aromatic nitrogens is 1. The maximum Gasteiger partial charge on any atom is 0.414 e. The van der Waals surface area contributed by atoms with Gasteiger partial charge in [-0.3, -0.25) is 4.90 Å². The largest absolute Gasteiger partial charge is 0.444 e. The summed E-state index contributed by atoms with van der Waals surface area (Å²) in [5, 5.41) is 12.9. The molecule has 2 aromatic carbocycles. The summed E-state index contributed by atoms with van der Waals surface area (Å²) in [7, 11) is 0. The average Bonchev–Trinajstić information content (AvgIpc) is 3.31. The van der Waals surface area contributed by atoms with Gasteiger partial charge in [-0.1, -0.05) is 29.4 Å². The molecule has 4 rings (SSSR count). The summed E-state index contributed by atoms with van der Waals surface area (Å²) in [6.07, 6.45) is 1.03. The first-order valence-corrected chi connectivity index (χ1v) is 8.51. The summed E-state index contributed by atoms with van der Waals surface area (Å²) in [6, 6.07) is 13.4. The average molecular weight is 368 g/mol. The molecule has 7 heteroatoms. The number of hydrogen-bond acceptors (Lipinski definition) is 5. The van der Waals surface area contributed by atoms with Gasteiger partial charge in [-0.25, -0.2) is 9.18 Å². The lowest BCUT2D eigenvalue weighted by molar-refractivity contribution is 0.140. The number of rotatable bonds is 5. The van der Waals surface area contributed by atoms with Gasteiger partial charge in [0.2, 0.25) is 0 Å². The highest BCUT2D eigenvalue weighted by Crippen LogP contribution is 2.29. The van der Waals surface area contributed by atoms with Gasteiger partial charge in [0.15, 0.2) is 0 Å². The number of nitrogens with zero attached hydrogens (tertiary/aromatic N) is 2. The first-order valence-electron chi connectivity index (χ1n) is 8.51. The molecule has 1 saturated heterocycles. The zero-order chi connectivity index (χ0) is 18.8. The molecule has 3 aromatic rings. The fourth-order valence-electron chi connectivity index (χ4n) is 3.11. The van der Waals surface area contributed by atoms with Crippen LogP contribution in [0.1, 0.15) is 11.3 Å². The Morgan fingerprint density at radius 3 is 2.67 bits per heavy atom. The van der Waals surface area contributed by atoms with Crippen molar-refractivity contribution in [3.05, 3.63) is 71.9 Å². The Hall–Kier alpha value is -3.19. The van der Waals surface area contributed by atoms with E-state index in [-0.39, 0.29) is 12.7 Å². The Balaban J connectivity index is 1.52. The second-order valence-electron chi connectivity index (χ2n) is 6.33. The van der Waals surface area contributed by atoms with E-state index in [1.807, 2.05) is 0 Å². The number of aliphatic hydroxyl groups excluding tert-OH is 1. The minimum atomic E-state index is -0.511. The van der Waals surface area contributed by atoms with E-state index in [0.717, 1.165) is 5.56 Å². The van der Waals surface area contributed by atoms with Crippen LogP contribution in [0, 0.1) is 5.82 Å². The second-order valence-corrected chi connectivity index (χ2v) is 6.33. The van der Waals surface area contributed by atoms with Crippen LogP contribution in [0.25, 0.3) is 11.1 Å². The van der Waals surface area contributed by atoms with Gasteiger partial charge in [-0.2, -0.15) is 0 Å². The Labute approximate surface area is 154 Å². The first-order chi connectivity index (χ1) is 13.1. The Morgan fingerprint density at radius 1 is 1.19 bits per heavy atom. The third-order valence-electron chi connectivity index (χ3n) is 4.51. The van der Waals surface area contributed by atoms with Gasteiger partial charge in [0.25, 0.3) is 0 Å². The normalized spacial score (nSPS) is 16.6. The molecule has 1 fully saturated rings. The lowest BCUT2D eigenvalue weighted by Crippen LogP contribution is -2.25. The molecule has 138 valence electrons. The van der Waals surface area contributed by atoms with Crippen molar-refractivity contribution in [2.75, 3.05) is 11.4 Å². The molecule has 1 aliphatic heterocycles. The molecule has 0 spiro atoms. The number of benzene rings is 2. The number of amides is 1. The fourth-order valence-corrected chi connectivity index (χ4v) is 3.11. The number of cyclic esters (lactones) is 1. The molecule has 0 radical (unpaired) electrons. The molecule has 1 unspecified atom stereocenters. The molecule has 0 saturated carbocycles. The summed E-state index contributed by atoms with van der Waals surface area (Å²) < 4.78 is 24.8. The minimum absolute atomic E-state index is 0.0612. The highest BCUT2D eigenvalue weighted by molar-refractivity contribution is 5.90. The van der Waals surface area contributed by atoms with Crippen LogP contribution in [0.3, 0.4) is 0 Å². The molecule has 1 aromatic heterocycles. The van der Waals surface area contributed by atoms with E-state index in [2.05, 4.69) is 5.16 Å². The lowest BCUT2D eigenvalue weighted by Gasteiger charge is -2.14. The summed E-state index contributed by atoms with van der Waals surface area (Å²) in [4.78, 5) is 13.6. The smallest absolute Gasteiger partial charge is 0.414 e. The highest BCUT2D eigenvalue weighted by Gasteiger charge is 2.33. The van der Waals surface area contributed by atoms with Gasteiger partial charge >= 0.3 is 6.09 Å². The molecular weight excluding hydrogens is 351 g/mol. The van der Waals surface area contributed by atoms with Crippen molar-refractivity contribution in [3.8, 4) is 11.1 Å². The topological polar surface area (TPSA) is 75.8 Å². The number of carbonyl (C=O) groups is 1. The summed E-state index contributed by atoms with van der Waals surface area (Å²) >= 11 is 0. The number of hydrogen-bond donors (Lipinski definition) is 1. The van der Waals surface area contributed by atoms with Gasteiger partial charge in [0.05, 0.1) is 24.5 Å². The molecule has 1 atom stereocenters. The minimum Gasteiger partial charge on any atom is -0.444 e. The van der Waals surface area contributed by atoms with Gasteiger partial charge in [0.1, 0.15) is 18.2 Å². The molecule has 1 aliphatic rings. The zero-order valence-electron chi connectivity index (χ0n) is 14.3. The van der Waals surface area contributed by atoms with Crippen LogP contribution in [0.2, 0.25) is 0 Å². The molecular formula is C20H17FN2O4. The van der Waals surface area contributed by atoms with E-state index in [1.165, 1.54) is 17.2 Å². The standard InChI is InChI=1S/C20H17FN2O4/c21-19-10-16(5-6-18(19)14-3-1-13(12-24)2-4-14)23-11-17(27-20(23)25)9-15-7-8-26-22-15/h1-8,10,17,24H,9,11-12H2. The number of ether oxygens (including phenoxy) is 1. The van der Waals surface area contributed by atoms with Crippen molar-refractivity contribution in [2.24, 2.45) is 0 Å². The van der Waals surface area contributed by atoms with Crippen molar-refractivity contribution in [1.29, 1.82) is 0 Å². The Bertz CT molecular complexity index is 941. The molecule has 27 heavy (non-hydrogen) atoms. The second kappa shape index (κ2) is 7.20. The van der Waals surface area contributed by atoms with E-state index >= 15 is 0 Å². The summed E-state index contributed by atoms with van der Waals surface area (Å²) in [5.74, 6) is -0.433. The molecule has 1 N–H and O–H groups in total. The van der Waals surface area contributed by atoms with Crippen molar-refractivity contribution in [2.45, 2.75) is 19.1 Å². The van der Waals surface area contributed by atoms with Crippen LogP contribution < -0.4 is 4.90 Å². The summed E-state index contributed by atoms with van der Waals surface area (Å²) in [5.41, 5.74) is 3.02. The molecule has 0 bridgehead atoms. The predicted octanol–water partition coefficient (Wildman–Crippen LogP) is 3.54. The summed E-state index contributed by atoms with van der Waals surface area (Å²) in [6.45, 7) is 0.254. The van der Waals surface area contributed by atoms with Crippen LogP contribution in [-0.4, -0.2) is 29.0 Å². The predicted molar refractivity (Wildman–Crippen MR) is 95.6 cm³/mol. The molecule has 0 aliphatic carbocycles. The van der Waals surface area contributed by atoms with Gasteiger partial charge in [0, 0.05) is 18.1 Å². The number of halogens is 1. The third kappa shape index (κ3) is 3.54. The van der Waals surface area contributed by atoms with Crippen molar-refractivity contribution < 1.29 is 23.6 Å². The quantitative estimate of drug-likeness (QED) is 0.745. The first kappa shape index (κ1) is 17.2. The van der Waals surface area contributed by atoms with E-state index in [0.29, 0.717) is 35.5 Å². The highest BCUT2D eigenvalue weighted by atomic mass is 19.1. The van der Waals surface area contributed by atoms with E-state index in [4.69, 9.17) is 14.4 Å². The van der Waals surface area contributed by atoms with E-state index < -0.39 is 11.9 Å². The number of carbonyl (C=O) groups excluding carboxylic acids is 1. The lowest BCUT2D eigenvalue weighted by atomic mass is 10.0.